The summed E-state index contributed by atoms with van der Waals surface area (Å²) in [4.78, 5) is 11.8. The molecule has 0 bridgehead atoms. The molecule has 2 aromatic rings. The van der Waals surface area contributed by atoms with Crippen molar-refractivity contribution >= 4 is 23.3 Å². The topological polar surface area (TPSA) is 52.3 Å². The minimum Gasteiger partial charge on any atom is -0.457 e. The molecule has 0 aliphatic carbocycles. The molecule has 19 heavy (non-hydrogen) atoms. The van der Waals surface area contributed by atoms with Crippen LogP contribution >= 0.6 is 11.6 Å². The van der Waals surface area contributed by atoms with E-state index < -0.39 is 11.8 Å². The standard InChI is InChI=1S/C14H11ClFNO2/c15-10-5-6-13(17)11(7-10)14(18)19-8-9-3-1-2-4-12(9)16/h1-7H,8,17H2. The van der Waals surface area contributed by atoms with E-state index in [0.29, 0.717) is 10.6 Å². The van der Waals surface area contributed by atoms with Crippen molar-refractivity contribution in [2.45, 2.75) is 6.61 Å². The number of hydrogen-bond donors (Lipinski definition) is 1. The first-order chi connectivity index (χ1) is 9.08. The number of nitrogens with two attached hydrogens (primary N) is 1. The Kier molecular flexibility index (Phi) is 4.02. The van der Waals surface area contributed by atoms with Gasteiger partial charge in [0.05, 0.1) is 5.56 Å². The van der Waals surface area contributed by atoms with E-state index in [-0.39, 0.29) is 17.9 Å². The summed E-state index contributed by atoms with van der Waals surface area (Å²) in [6, 6.07) is 10.6. The highest BCUT2D eigenvalue weighted by Gasteiger charge is 2.13. The van der Waals surface area contributed by atoms with Crippen molar-refractivity contribution in [3.8, 4) is 0 Å². The molecule has 2 aromatic carbocycles. The van der Waals surface area contributed by atoms with Gasteiger partial charge in [-0.25, -0.2) is 9.18 Å². The first kappa shape index (κ1) is 13.4. The third-order valence-electron chi connectivity index (χ3n) is 2.55. The van der Waals surface area contributed by atoms with Crippen LogP contribution in [0.5, 0.6) is 0 Å². The zero-order valence-electron chi connectivity index (χ0n) is 9.90. The van der Waals surface area contributed by atoms with Gasteiger partial charge in [-0.05, 0) is 24.3 Å². The Morgan fingerprint density at radius 2 is 2.00 bits per heavy atom. The largest absolute Gasteiger partial charge is 0.457 e. The van der Waals surface area contributed by atoms with Crippen molar-refractivity contribution in [2.24, 2.45) is 0 Å². The Morgan fingerprint density at radius 1 is 1.26 bits per heavy atom. The number of halogens is 2. The van der Waals surface area contributed by atoms with Crippen LogP contribution in [0.2, 0.25) is 5.02 Å². The predicted octanol–water partition coefficient (Wildman–Crippen LogP) is 3.42. The highest BCUT2D eigenvalue weighted by molar-refractivity contribution is 6.31. The number of carbonyl (C=O) groups excluding carboxylic acids is 1. The number of benzene rings is 2. The number of carbonyl (C=O) groups is 1. The van der Waals surface area contributed by atoms with Crippen LogP contribution in [0, 0.1) is 5.82 Å². The van der Waals surface area contributed by atoms with Gasteiger partial charge in [0.1, 0.15) is 12.4 Å². The molecular formula is C14H11ClFNO2. The Hall–Kier alpha value is -2.07. The van der Waals surface area contributed by atoms with Gasteiger partial charge in [-0.15, -0.1) is 0 Å². The SMILES string of the molecule is Nc1ccc(Cl)cc1C(=O)OCc1ccccc1F. The predicted molar refractivity (Wildman–Crippen MR) is 71.4 cm³/mol. The molecule has 0 aliphatic heterocycles. The van der Waals surface area contributed by atoms with E-state index in [1.54, 1.807) is 24.3 Å². The average Bonchev–Trinajstić information content (AvgIpc) is 2.40. The summed E-state index contributed by atoms with van der Waals surface area (Å²) in [5.41, 5.74) is 6.39. The second-order valence-corrected chi connectivity index (χ2v) is 4.34. The number of ether oxygens (including phenoxy) is 1. The van der Waals surface area contributed by atoms with Crippen LogP contribution in [0.15, 0.2) is 42.5 Å². The fourth-order valence-corrected chi connectivity index (χ4v) is 1.71. The van der Waals surface area contributed by atoms with E-state index in [4.69, 9.17) is 22.1 Å². The minimum atomic E-state index is -0.636. The van der Waals surface area contributed by atoms with Crippen molar-refractivity contribution in [1.29, 1.82) is 0 Å². The molecule has 0 aromatic heterocycles. The van der Waals surface area contributed by atoms with Crippen LogP contribution in [0.25, 0.3) is 0 Å². The van der Waals surface area contributed by atoms with Crippen LogP contribution in [-0.4, -0.2) is 5.97 Å². The van der Waals surface area contributed by atoms with Gasteiger partial charge in [-0.1, -0.05) is 29.8 Å². The van der Waals surface area contributed by atoms with Crippen LogP contribution in [0.4, 0.5) is 10.1 Å². The summed E-state index contributed by atoms with van der Waals surface area (Å²) in [6.07, 6.45) is 0. The van der Waals surface area contributed by atoms with E-state index >= 15 is 0 Å². The van der Waals surface area contributed by atoms with Gasteiger partial charge in [-0.2, -0.15) is 0 Å². The van der Waals surface area contributed by atoms with Crippen molar-refractivity contribution < 1.29 is 13.9 Å². The molecule has 0 spiro atoms. The molecule has 3 nitrogen and oxygen atoms in total. The molecule has 2 rings (SSSR count). The number of nitrogen functional groups attached to an aromatic ring is 1. The molecule has 98 valence electrons. The third kappa shape index (κ3) is 3.23. The van der Waals surface area contributed by atoms with E-state index in [2.05, 4.69) is 0 Å². The quantitative estimate of drug-likeness (QED) is 0.692. The van der Waals surface area contributed by atoms with Crippen molar-refractivity contribution in [2.75, 3.05) is 5.73 Å². The van der Waals surface area contributed by atoms with Gasteiger partial charge >= 0.3 is 5.97 Å². The van der Waals surface area contributed by atoms with Crippen molar-refractivity contribution in [1.82, 2.24) is 0 Å². The van der Waals surface area contributed by atoms with E-state index in [1.165, 1.54) is 18.2 Å². The molecule has 0 aliphatic rings. The first-order valence-electron chi connectivity index (χ1n) is 5.53. The molecule has 5 heteroatoms. The van der Waals surface area contributed by atoms with E-state index in [9.17, 15) is 9.18 Å². The van der Waals surface area contributed by atoms with Gasteiger partial charge in [0.15, 0.2) is 0 Å². The van der Waals surface area contributed by atoms with Gasteiger partial charge in [0.25, 0.3) is 0 Å². The maximum atomic E-state index is 13.3. The lowest BCUT2D eigenvalue weighted by molar-refractivity contribution is 0.0470. The molecule has 0 atom stereocenters. The van der Waals surface area contributed by atoms with Crippen LogP contribution in [0.1, 0.15) is 15.9 Å². The summed E-state index contributed by atoms with van der Waals surface area (Å²) in [6.45, 7) is -0.155. The third-order valence-corrected chi connectivity index (χ3v) is 2.79. The lowest BCUT2D eigenvalue weighted by Crippen LogP contribution is -2.09. The molecule has 0 heterocycles. The average molecular weight is 280 g/mol. The van der Waals surface area contributed by atoms with E-state index in [1.807, 2.05) is 0 Å². The molecular weight excluding hydrogens is 269 g/mol. The Bertz CT molecular complexity index is 616. The van der Waals surface area contributed by atoms with Gasteiger partial charge in [0.2, 0.25) is 0 Å². The monoisotopic (exact) mass is 279 g/mol. The molecule has 2 N–H and O–H groups in total. The fraction of sp³-hybridized carbons (Fsp3) is 0.0714. The lowest BCUT2D eigenvalue weighted by Gasteiger charge is -2.08. The molecule has 0 fully saturated rings. The van der Waals surface area contributed by atoms with Crippen molar-refractivity contribution in [3.05, 3.63) is 64.4 Å². The first-order valence-corrected chi connectivity index (χ1v) is 5.91. The number of rotatable bonds is 3. The van der Waals surface area contributed by atoms with Crippen LogP contribution < -0.4 is 5.73 Å². The molecule has 0 saturated carbocycles. The number of anilines is 1. The molecule has 0 amide bonds. The highest BCUT2D eigenvalue weighted by Crippen LogP contribution is 2.19. The van der Waals surface area contributed by atoms with Gasteiger partial charge in [0, 0.05) is 16.3 Å². The van der Waals surface area contributed by atoms with E-state index in [0.717, 1.165) is 0 Å². The summed E-state index contributed by atoms with van der Waals surface area (Å²) < 4.78 is 18.4. The summed E-state index contributed by atoms with van der Waals surface area (Å²) in [7, 11) is 0. The lowest BCUT2D eigenvalue weighted by atomic mass is 10.2. The maximum absolute atomic E-state index is 13.3. The molecule has 0 unspecified atom stereocenters. The highest BCUT2D eigenvalue weighted by atomic mass is 35.5. The maximum Gasteiger partial charge on any atom is 0.340 e. The number of hydrogen-bond acceptors (Lipinski definition) is 3. The zero-order valence-corrected chi connectivity index (χ0v) is 10.7. The van der Waals surface area contributed by atoms with Crippen LogP contribution in [-0.2, 0) is 11.3 Å². The second kappa shape index (κ2) is 5.71. The summed E-state index contributed by atoms with van der Waals surface area (Å²) in [5.74, 6) is -1.06. The molecule has 0 saturated heterocycles. The Balaban J connectivity index is 2.10. The summed E-state index contributed by atoms with van der Waals surface area (Å²) in [5, 5.41) is 0.382. The minimum absolute atomic E-state index is 0.155. The Morgan fingerprint density at radius 3 is 2.74 bits per heavy atom. The summed E-state index contributed by atoms with van der Waals surface area (Å²) >= 11 is 5.78. The Labute approximate surface area is 114 Å². The second-order valence-electron chi connectivity index (χ2n) is 3.90. The van der Waals surface area contributed by atoms with Gasteiger partial charge < -0.3 is 10.5 Å². The van der Waals surface area contributed by atoms with Crippen LogP contribution in [0.3, 0.4) is 0 Å². The smallest absolute Gasteiger partial charge is 0.340 e. The normalized spacial score (nSPS) is 10.2. The number of esters is 1. The molecule has 0 radical (unpaired) electrons. The fourth-order valence-electron chi connectivity index (χ4n) is 1.54. The van der Waals surface area contributed by atoms with Gasteiger partial charge in [-0.3, -0.25) is 0 Å². The zero-order chi connectivity index (χ0) is 13.8. The van der Waals surface area contributed by atoms with Crippen molar-refractivity contribution in [3.63, 3.8) is 0 Å².